The van der Waals surface area contributed by atoms with E-state index < -0.39 is 20.0 Å². The SMILES string of the molecule is COc1ccc(Oc2ccc(NS(=O)(=O)c3ccc(OC)c(OC)c3)c(NS(=O)(=O)c3ccc(OC)c(OC)c3)c2)cc1. The van der Waals surface area contributed by atoms with Crippen LogP contribution in [0.15, 0.2) is 88.7 Å². The molecule has 14 heteroatoms. The summed E-state index contributed by atoms with van der Waals surface area (Å²) in [5.74, 6) is 2.34. The van der Waals surface area contributed by atoms with Crippen LogP contribution in [-0.4, -0.2) is 52.4 Å². The van der Waals surface area contributed by atoms with Crippen LogP contribution in [0.5, 0.6) is 40.2 Å². The van der Waals surface area contributed by atoms with Crippen LogP contribution >= 0.6 is 0 Å². The van der Waals surface area contributed by atoms with Crippen LogP contribution in [0.1, 0.15) is 0 Å². The third-order valence-corrected chi connectivity index (χ3v) is 8.83. The number of ether oxygens (including phenoxy) is 6. The van der Waals surface area contributed by atoms with Gasteiger partial charge in [-0.3, -0.25) is 9.44 Å². The Morgan fingerprint density at radius 2 is 0.884 bits per heavy atom. The smallest absolute Gasteiger partial charge is 0.262 e. The van der Waals surface area contributed by atoms with Crippen molar-refractivity contribution >= 4 is 31.4 Å². The molecule has 0 amide bonds. The van der Waals surface area contributed by atoms with Gasteiger partial charge >= 0.3 is 0 Å². The van der Waals surface area contributed by atoms with Gasteiger partial charge in [-0.25, -0.2) is 16.8 Å². The van der Waals surface area contributed by atoms with Gasteiger partial charge in [0, 0.05) is 18.2 Å². The van der Waals surface area contributed by atoms with E-state index in [4.69, 9.17) is 28.4 Å². The van der Waals surface area contributed by atoms with Crippen LogP contribution in [0.2, 0.25) is 0 Å². The average Bonchev–Trinajstić information content (AvgIpc) is 3.01. The first-order chi connectivity index (χ1) is 20.5. The Labute approximate surface area is 250 Å². The quantitative estimate of drug-likeness (QED) is 0.204. The van der Waals surface area contributed by atoms with Crippen molar-refractivity contribution in [3.63, 3.8) is 0 Å². The first-order valence-corrected chi connectivity index (χ1v) is 15.5. The van der Waals surface area contributed by atoms with Crippen molar-refractivity contribution in [1.29, 1.82) is 0 Å². The summed E-state index contributed by atoms with van der Waals surface area (Å²) in [7, 11) is -1.34. The molecule has 0 aliphatic carbocycles. The van der Waals surface area contributed by atoms with Gasteiger partial charge in [0.15, 0.2) is 23.0 Å². The normalized spacial score (nSPS) is 11.3. The average molecular weight is 631 g/mol. The zero-order chi connectivity index (χ0) is 31.2. The second-order valence-electron chi connectivity index (χ2n) is 8.73. The predicted octanol–water partition coefficient (Wildman–Crippen LogP) is 5.12. The molecular weight excluding hydrogens is 600 g/mol. The highest BCUT2D eigenvalue weighted by Crippen LogP contribution is 2.36. The molecule has 0 heterocycles. The maximum atomic E-state index is 13.5. The van der Waals surface area contributed by atoms with E-state index in [1.165, 1.54) is 90.1 Å². The number of anilines is 2. The Kier molecular flexibility index (Phi) is 9.41. The molecule has 0 saturated carbocycles. The zero-order valence-corrected chi connectivity index (χ0v) is 25.5. The predicted molar refractivity (Wildman–Crippen MR) is 160 cm³/mol. The van der Waals surface area contributed by atoms with Crippen LogP contribution < -0.4 is 37.9 Å². The second-order valence-corrected chi connectivity index (χ2v) is 12.1. The second kappa shape index (κ2) is 13.0. The Balaban J connectivity index is 1.74. The fraction of sp³-hybridized carbons (Fsp3) is 0.172. The van der Waals surface area contributed by atoms with Crippen molar-refractivity contribution in [2.75, 3.05) is 45.0 Å². The van der Waals surface area contributed by atoms with Gasteiger partial charge in [0.25, 0.3) is 20.0 Å². The van der Waals surface area contributed by atoms with E-state index >= 15 is 0 Å². The van der Waals surface area contributed by atoms with Crippen molar-refractivity contribution in [1.82, 2.24) is 0 Å². The minimum atomic E-state index is -4.26. The zero-order valence-electron chi connectivity index (χ0n) is 23.9. The van der Waals surface area contributed by atoms with Crippen LogP contribution in [0.25, 0.3) is 0 Å². The fourth-order valence-corrected chi connectivity index (χ4v) is 6.10. The maximum absolute atomic E-state index is 13.5. The van der Waals surface area contributed by atoms with E-state index in [1.54, 1.807) is 24.3 Å². The van der Waals surface area contributed by atoms with Crippen molar-refractivity contribution in [3.8, 4) is 40.2 Å². The number of sulfonamides is 2. The molecule has 4 rings (SSSR count). The van der Waals surface area contributed by atoms with Crippen molar-refractivity contribution in [2.24, 2.45) is 0 Å². The molecule has 0 spiro atoms. The fourth-order valence-electron chi connectivity index (χ4n) is 3.91. The number of benzene rings is 4. The van der Waals surface area contributed by atoms with Crippen molar-refractivity contribution < 1.29 is 45.3 Å². The summed E-state index contributed by atoms with van der Waals surface area (Å²) < 4.78 is 90.6. The molecule has 2 N–H and O–H groups in total. The molecule has 0 aromatic heterocycles. The highest BCUT2D eigenvalue weighted by molar-refractivity contribution is 7.93. The monoisotopic (exact) mass is 630 g/mol. The lowest BCUT2D eigenvalue weighted by molar-refractivity contribution is 0.354. The lowest BCUT2D eigenvalue weighted by atomic mass is 10.2. The van der Waals surface area contributed by atoms with Crippen LogP contribution in [0, 0.1) is 0 Å². The van der Waals surface area contributed by atoms with Crippen molar-refractivity contribution in [3.05, 3.63) is 78.9 Å². The summed E-state index contributed by atoms with van der Waals surface area (Å²) in [6, 6.07) is 19.1. The first-order valence-electron chi connectivity index (χ1n) is 12.5. The minimum Gasteiger partial charge on any atom is -0.497 e. The molecule has 4 aromatic carbocycles. The highest BCUT2D eigenvalue weighted by Gasteiger charge is 2.23. The molecule has 0 unspecified atom stereocenters. The minimum absolute atomic E-state index is 0.0686. The van der Waals surface area contributed by atoms with Gasteiger partial charge in [0.05, 0.1) is 56.7 Å². The summed E-state index contributed by atoms with van der Waals surface area (Å²) in [4.78, 5) is -0.294. The molecule has 0 radical (unpaired) electrons. The molecule has 0 fully saturated rings. The van der Waals surface area contributed by atoms with Gasteiger partial charge in [-0.05, 0) is 60.7 Å². The van der Waals surface area contributed by atoms with E-state index in [-0.39, 0.29) is 38.4 Å². The molecule has 12 nitrogen and oxygen atoms in total. The van der Waals surface area contributed by atoms with Gasteiger partial charge in [-0.15, -0.1) is 0 Å². The van der Waals surface area contributed by atoms with Crippen molar-refractivity contribution in [2.45, 2.75) is 9.79 Å². The third-order valence-electron chi connectivity index (χ3n) is 6.11. The molecule has 43 heavy (non-hydrogen) atoms. The number of hydrogen-bond acceptors (Lipinski definition) is 10. The summed E-state index contributed by atoms with van der Waals surface area (Å²) in [5, 5.41) is 0. The Morgan fingerprint density at radius 3 is 1.35 bits per heavy atom. The van der Waals surface area contributed by atoms with Crippen LogP contribution in [-0.2, 0) is 20.0 Å². The van der Waals surface area contributed by atoms with E-state index in [0.717, 1.165) is 0 Å². The molecule has 0 aliphatic rings. The highest BCUT2D eigenvalue weighted by atomic mass is 32.2. The first kappa shape index (κ1) is 31.1. The Bertz CT molecular complexity index is 1810. The third kappa shape index (κ3) is 7.16. The van der Waals surface area contributed by atoms with Gasteiger partial charge in [-0.1, -0.05) is 0 Å². The van der Waals surface area contributed by atoms with Gasteiger partial charge in [-0.2, -0.15) is 0 Å². The number of hydrogen-bond donors (Lipinski definition) is 2. The Morgan fingerprint density at radius 1 is 0.442 bits per heavy atom. The summed E-state index contributed by atoms with van der Waals surface area (Å²) in [6.45, 7) is 0. The molecule has 0 atom stereocenters. The Hall–Kier alpha value is -4.82. The van der Waals surface area contributed by atoms with Crippen LogP contribution in [0.3, 0.4) is 0 Å². The molecule has 0 bridgehead atoms. The lowest BCUT2D eigenvalue weighted by Crippen LogP contribution is -2.18. The number of nitrogens with one attached hydrogen (secondary N) is 2. The molecular formula is C29H30N2O10S2. The van der Waals surface area contributed by atoms with Gasteiger partial charge in [0.2, 0.25) is 0 Å². The van der Waals surface area contributed by atoms with E-state index in [1.807, 2.05) is 0 Å². The van der Waals surface area contributed by atoms with Crippen LogP contribution in [0.4, 0.5) is 11.4 Å². The molecule has 228 valence electrons. The number of methoxy groups -OCH3 is 5. The number of rotatable bonds is 13. The summed E-state index contributed by atoms with van der Waals surface area (Å²) in [6.07, 6.45) is 0. The standard InChI is InChI=1S/C29H30N2O10S2/c1-36-19-6-8-20(9-7-19)41-21-10-13-24(30-42(32,33)22-11-14-26(37-2)28(17-22)39-4)25(16-21)31-43(34,35)23-12-15-27(38-3)29(18-23)40-5/h6-18,30-31H,1-5H3. The van der Waals surface area contributed by atoms with Gasteiger partial charge in [0.1, 0.15) is 17.2 Å². The molecule has 0 saturated heterocycles. The van der Waals surface area contributed by atoms with Gasteiger partial charge < -0.3 is 28.4 Å². The van der Waals surface area contributed by atoms with E-state index in [0.29, 0.717) is 23.0 Å². The summed E-state index contributed by atoms with van der Waals surface area (Å²) >= 11 is 0. The summed E-state index contributed by atoms with van der Waals surface area (Å²) in [5.41, 5.74) is -0.175. The lowest BCUT2D eigenvalue weighted by Gasteiger charge is -2.17. The maximum Gasteiger partial charge on any atom is 0.262 e. The van der Waals surface area contributed by atoms with E-state index in [9.17, 15) is 16.8 Å². The molecule has 0 aliphatic heterocycles. The van der Waals surface area contributed by atoms with E-state index in [2.05, 4.69) is 9.44 Å². The largest absolute Gasteiger partial charge is 0.497 e. The topological polar surface area (TPSA) is 148 Å². The molecule has 4 aromatic rings.